The molecule has 0 saturated carbocycles. The highest BCUT2D eigenvalue weighted by molar-refractivity contribution is 14.0. The van der Waals surface area contributed by atoms with Gasteiger partial charge in [-0.1, -0.05) is 12.1 Å². The van der Waals surface area contributed by atoms with Crippen molar-refractivity contribution in [2.24, 2.45) is 16.6 Å². The van der Waals surface area contributed by atoms with E-state index in [-0.39, 0.29) is 41.7 Å². The number of aliphatic imine (C=N–C) groups is 1. The summed E-state index contributed by atoms with van der Waals surface area (Å²) in [6, 6.07) is 7.83. The number of carbonyl (C=O) groups excluding carboxylic acids is 2. The van der Waals surface area contributed by atoms with Crippen LogP contribution in [0.4, 0.5) is 0 Å². The van der Waals surface area contributed by atoms with E-state index in [1.54, 1.807) is 0 Å². The normalized spacial score (nSPS) is 19.5. The minimum atomic E-state index is -0.237. The summed E-state index contributed by atoms with van der Waals surface area (Å²) in [5, 5.41) is 3.37. The molecule has 172 valence electrons. The molecule has 31 heavy (non-hydrogen) atoms. The fourth-order valence-corrected chi connectivity index (χ4v) is 4.38. The van der Waals surface area contributed by atoms with E-state index >= 15 is 0 Å². The van der Waals surface area contributed by atoms with Gasteiger partial charge in [-0.3, -0.25) is 9.59 Å². The van der Waals surface area contributed by atoms with Crippen LogP contribution in [0.3, 0.4) is 0 Å². The zero-order chi connectivity index (χ0) is 21.3. The van der Waals surface area contributed by atoms with Gasteiger partial charge in [-0.2, -0.15) is 0 Å². The molecule has 0 aliphatic carbocycles. The Hall–Kier alpha value is -1.84. The average Bonchev–Trinajstić information content (AvgIpc) is 2.76. The molecule has 1 atom stereocenters. The van der Waals surface area contributed by atoms with E-state index < -0.39 is 0 Å². The average molecular weight is 541 g/mol. The van der Waals surface area contributed by atoms with Crippen molar-refractivity contribution in [2.75, 3.05) is 32.7 Å². The molecule has 0 spiro atoms. The number of nitrogens with two attached hydrogens (primary N) is 1. The van der Waals surface area contributed by atoms with Crippen LogP contribution in [0.1, 0.15) is 61.4 Å². The van der Waals surface area contributed by atoms with Crippen molar-refractivity contribution in [1.82, 2.24) is 15.1 Å². The van der Waals surface area contributed by atoms with Crippen LogP contribution in [0.25, 0.3) is 0 Å². The molecule has 2 heterocycles. The number of guanidine groups is 1. The zero-order valence-corrected chi connectivity index (χ0v) is 20.8. The van der Waals surface area contributed by atoms with E-state index in [0.717, 1.165) is 75.5 Å². The number of likely N-dealkylation sites (tertiary alicyclic amines) is 2. The molecule has 2 saturated heterocycles. The molecular weight excluding hydrogens is 505 g/mol. The van der Waals surface area contributed by atoms with Gasteiger partial charge in [0.05, 0.1) is 6.54 Å². The highest BCUT2D eigenvalue weighted by atomic mass is 127. The highest BCUT2D eigenvalue weighted by Gasteiger charge is 2.23. The van der Waals surface area contributed by atoms with E-state index in [2.05, 4.69) is 17.1 Å². The van der Waals surface area contributed by atoms with Crippen molar-refractivity contribution in [3.63, 3.8) is 0 Å². The Labute approximate surface area is 202 Å². The van der Waals surface area contributed by atoms with Crippen molar-refractivity contribution >= 4 is 41.8 Å². The fourth-order valence-electron chi connectivity index (χ4n) is 4.38. The van der Waals surface area contributed by atoms with Gasteiger partial charge in [0.1, 0.15) is 0 Å². The third-order valence-electron chi connectivity index (χ3n) is 5.87. The second kappa shape index (κ2) is 12.9. The summed E-state index contributed by atoms with van der Waals surface area (Å²) in [5.41, 5.74) is 7.17. The molecule has 0 bridgehead atoms. The molecule has 3 N–H and O–H groups in total. The Balaban J connectivity index is 0.00000341. The molecule has 0 radical (unpaired) electrons. The Bertz CT molecular complexity index is 764. The number of hydrogen-bond donors (Lipinski definition) is 2. The van der Waals surface area contributed by atoms with E-state index in [1.807, 2.05) is 29.2 Å². The van der Waals surface area contributed by atoms with Crippen molar-refractivity contribution in [3.05, 3.63) is 35.4 Å². The number of halogens is 1. The summed E-state index contributed by atoms with van der Waals surface area (Å²) in [5.74, 6) is 1.03. The number of amides is 2. The molecule has 3 rings (SSSR count). The number of nitrogens with zero attached hydrogens (tertiary/aromatic N) is 3. The summed E-state index contributed by atoms with van der Waals surface area (Å²) in [4.78, 5) is 33.1. The van der Waals surface area contributed by atoms with Gasteiger partial charge in [-0.15, -0.1) is 24.0 Å². The summed E-state index contributed by atoms with van der Waals surface area (Å²) in [6.45, 7) is 6.78. The Morgan fingerprint density at radius 1 is 1.13 bits per heavy atom. The Morgan fingerprint density at radius 2 is 1.87 bits per heavy atom. The largest absolute Gasteiger partial charge is 0.370 e. The van der Waals surface area contributed by atoms with E-state index in [0.29, 0.717) is 13.0 Å². The first kappa shape index (κ1) is 25.4. The Morgan fingerprint density at radius 3 is 2.58 bits per heavy atom. The maximum Gasteiger partial charge on any atom is 0.253 e. The lowest BCUT2D eigenvalue weighted by atomic mass is 9.95. The number of piperidine rings is 2. The maximum atomic E-state index is 12.8. The summed E-state index contributed by atoms with van der Waals surface area (Å²) in [7, 11) is 0. The zero-order valence-electron chi connectivity index (χ0n) is 18.5. The first-order chi connectivity index (χ1) is 14.6. The number of carbonyl (C=O) groups is 2. The number of benzene rings is 1. The predicted octanol–water partition coefficient (Wildman–Crippen LogP) is 2.98. The number of primary amides is 1. The van der Waals surface area contributed by atoms with Crippen LogP contribution in [-0.2, 0) is 11.3 Å². The van der Waals surface area contributed by atoms with Gasteiger partial charge in [0, 0.05) is 44.7 Å². The second-order valence-corrected chi connectivity index (χ2v) is 8.35. The molecule has 2 amide bonds. The van der Waals surface area contributed by atoms with Crippen molar-refractivity contribution in [3.8, 4) is 0 Å². The lowest BCUT2D eigenvalue weighted by molar-refractivity contribution is -0.119. The molecule has 2 aliphatic heterocycles. The molecule has 8 heteroatoms. The predicted molar refractivity (Wildman–Crippen MR) is 135 cm³/mol. The molecule has 0 aromatic heterocycles. The third-order valence-corrected chi connectivity index (χ3v) is 5.87. The fraction of sp³-hybridized carbons (Fsp3) is 0.609. The van der Waals surface area contributed by atoms with E-state index in [9.17, 15) is 9.59 Å². The third kappa shape index (κ3) is 7.66. The van der Waals surface area contributed by atoms with Crippen molar-refractivity contribution < 1.29 is 9.59 Å². The van der Waals surface area contributed by atoms with Crippen LogP contribution in [0.2, 0.25) is 0 Å². The minimum Gasteiger partial charge on any atom is -0.370 e. The molecule has 1 unspecified atom stereocenters. The van der Waals surface area contributed by atoms with Gasteiger partial charge >= 0.3 is 0 Å². The maximum absolute atomic E-state index is 12.8. The topological polar surface area (TPSA) is 91.0 Å². The monoisotopic (exact) mass is 541 g/mol. The van der Waals surface area contributed by atoms with E-state index in [4.69, 9.17) is 10.7 Å². The van der Waals surface area contributed by atoms with E-state index in [1.165, 1.54) is 6.42 Å². The van der Waals surface area contributed by atoms with Crippen LogP contribution in [0.5, 0.6) is 0 Å². The lowest BCUT2D eigenvalue weighted by Gasteiger charge is -2.34. The van der Waals surface area contributed by atoms with Gasteiger partial charge in [0.2, 0.25) is 5.91 Å². The van der Waals surface area contributed by atoms with Crippen molar-refractivity contribution in [2.45, 2.75) is 52.0 Å². The van der Waals surface area contributed by atoms with Gasteiger partial charge < -0.3 is 20.9 Å². The summed E-state index contributed by atoms with van der Waals surface area (Å²) in [6.07, 6.45) is 5.88. The smallest absolute Gasteiger partial charge is 0.253 e. The minimum absolute atomic E-state index is 0. The van der Waals surface area contributed by atoms with Crippen LogP contribution in [0, 0.1) is 5.92 Å². The first-order valence-electron chi connectivity index (χ1n) is 11.3. The van der Waals surface area contributed by atoms with Crippen LogP contribution < -0.4 is 11.1 Å². The number of nitrogens with one attached hydrogen (secondary N) is 1. The van der Waals surface area contributed by atoms with Gasteiger partial charge in [-0.05, 0) is 62.6 Å². The van der Waals surface area contributed by atoms with Crippen molar-refractivity contribution in [1.29, 1.82) is 0 Å². The number of hydrogen-bond acceptors (Lipinski definition) is 3. The van der Waals surface area contributed by atoms with Crippen LogP contribution in [-0.4, -0.2) is 60.3 Å². The molecule has 1 aromatic carbocycles. The van der Waals surface area contributed by atoms with Crippen LogP contribution >= 0.6 is 24.0 Å². The molecule has 7 nitrogen and oxygen atoms in total. The van der Waals surface area contributed by atoms with Gasteiger partial charge in [0.15, 0.2) is 5.96 Å². The standard InChI is InChI=1S/C23H35N5O2.HI/c1-2-25-23(28-13-7-9-19(17-28)15-21(24)29)26-16-18-8-6-10-20(14-18)22(30)27-11-4-3-5-12-27;/h6,8,10,14,19H,2-5,7,9,11-13,15-17H2,1H3,(H2,24,29)(H,25,26);1H. The van der Waals surface area contributed by atoms with Crippen LogP contribution in [0.15, 0.2) is 29.3 Å². The molecule has 1 aromatic rings. The summed E-state index contributed by atoms with van der Waals surface area (Å²) >= 11 is 0. The SMILES string of the molecule is CCNC(=NCc1cccc(C(=O)N2CCCCC2)c1)N1CCCC(CC(N)=O)C1.I. The van der Waals surface area contributed by atoms with Gasteiger partial charge in [0.25, 0.3) is 5.91 Å². The molecular formula is C23H36IN5O2. The first-order valence-corrected chi connectivity index (χ1v) is 11.3. The molecule has 2 fully saturated rings. The van der Waals surface area contributed by atoms with Gasteiger partial charge in [-0.25, -0.2) is 4.99 Å². The summed E-state index contributed by atoms with van der Waals surface area (Å²) < 4.78 is 0. The second-order valence-electron chi connectivity index (χ2n) is 8.35. The highest BCUT2D eigenvalue weighted by Crippen LogP contribution is 2.20. The Kier molecular flexibility index (Phi) is 10.6. The molecule has 2 aliphatic rings. The quantitative estimate of drug-likeness (QED) is 0.329. The number of rotatable bonds is 6. The lowest BCUT2D eigenvalue weighted by Crippen LogP contribution is -2.47.